The predicted octanol–water partition coefficient (Wildman–Crippen LogP) is 8.99. The SMILES string of the molecule is CC/C=C\C/C=C\C/C=C\C/C=C\CCCCCCC(=O)O[C@H](COC(=O)CCCCCC[C@@H]1[C@@H](/C=C/[C@@H](O)CCCCC)[C@H](O)C[C@@H]1O)COP(=O)([O-])OCC[N+](C)(C)C. The third kappa shape index (κ3) is 32.0. The summed E-state index contributed by atoms with van der Waals surface area (Å²) in [5, 5.41) is 31.4. The number of carbonyl (C=O) groups excluding carboxylic acids is 2. The van der Waals surface area contributed by atoms with Crippen LogP contribution in [0.5, 0.6) is 0 Å². The number of aliphatic hydroxyl groups is 3. The third-order valence-corrected chi connectivity index (χ3v) is 11.6. The Balaban J connectivity index is 2.47. The highest BCUT2D eigenvalue weighted by atomic mass is 31.2. The molecule has 1 unspecified atom stereocenters. The van der Waals surface area contributed by atoms with Gasteiger partial charge < -0.3 is 43.2 Å². The topological polar surface area (TPSA) is 172 Å². The van der Waals surface area contributed by atoms with Gasteiger partial charge >= 0.3 is 11.9 Å². The van der Waals surface area contributed by atoms with E-state index in [2.05, 4.69) is 62.5 Å². The van der Waals surface area contributed by atoms with Gasteiger partial charge in [0.05, 0.1) is 46.1 Å². The van der Waals surface area contributed by atoms with E-state index in [-0.39, 0.29) is 37.9 Å². The van der Waals surface area contributed by atoms with Gasteiger partial charge in [0.2, 0.25) is 0 Å². The number of aliphatic hydroxyl groups excluding tert-OH is 3. The third-order valence-electron chi connectivity index (χ3n) is 10.6. The van der Waals surface area contributed by atoms with Gasteiger partial charge in [0.15, 0.2) is 6.10 Å². The molecule has 1 aliphatic carbocycles. The highest BCUT2D eigenvalue weighted by molar-refractivity contribution is 7.45. The van der Waals surface area contributed by atoms with Gasteiger partial charge in [0.25, 0.3) is 7.82 Å². The summed E-state index contributed by atoms with van der Waals surface area (Å²) in [6.07, 6.45) is 34.5. The normalized spacial score (nSPS) is 20.7. The van der Waals surface area contributed by atoms with Crippen molar-refractivity contribution in [2.75, 3.05) is 47.5 Å². The Kier molecular flexibility index (Phi) is 32.5. The van der Waals surface area contributed by atoms with Gasteiger partial charge in [-0.1, -0.05) is 126 Å². The Morgan fingerprint density at radius 2 is 1.36 bits per heavy atom. The molecule has 1 fully saturated rings. The fourth-order valence-corrected chi connectivity index (χ4v) is 7.70. The highest BCUT2D eigenvalue weighted by Gasteiger charge is 2.39. The zero-order chi connectivity index (χ0) is 45.2. The van der Waals surface area contributed by atoms with Crippen LogP contribution in [0.4, 0.5) is 0 Å². The molecule has 0 radical (unpaired) electrons. The number of unbranched alkanes of at least 4 members (excludes halogenated alkanes) is 9. The first-order valence-corrected chi connectivity index (χ1v) is 24.7. The molecule has 0 amide bonds. The molecule has 0 bridgehead atoms. The molecule has 1 aliphatic rings. The van der Waals surface area contributed by atoms with Crippen molar-refractivity contribution in [1.29, 1.82) is 0 Å². The molecule has 3 N–H and O–H groups in total. The molecule has 0 aromatic heterocycles. The van der Waals surface area contributed by atoms with Gasteiger partial charge in [0, 0.05) is 25.2 Å². The van der Waals surface area contributed by atoms with Gasteiger partial charge in [-0.05, 0) is 70.1 Å². The van der Waals surface area contributed by atoms with E-state index >= 15 is 0 Å². The number of hydrogen-bond acceptors (Lipinski definition) is 11. The molecular weight excluding hydrogens is 797 g/mol. The van der Waals surface area contributed by atoms with Crippen LogP contribution in [0.25, 0.3) is 0 Å². The summed E-state index contributed by atoms with van der Waals surface area (Å²) in [6, 6.07) is 0. The molecule has 352 valence electrons. The van der Waals surface area contributed by atoms with Crippen LogP contribution in [0, 0.1) is 11.8 Å². The van der Waals surface area contributed by atoms with Crippen LogP contribution in [-0.2, 0) is 32.7 Å². The van der Waals surface area contributed by atoms with E-state index in [0.29, 0.717) is 36.7 Å². The van der Waals surface area contributed by atoms with E-state index in [1.54, 1.807) is 6.08 Å². The van der Waals surface area contributed by atoms with E-state index in [1.165, 1.54) is 0 Å². The number of allylic oxidation sites excluding steroid dienone is 8. The van der Waals surface area contributed by atoms with E-state index in [4.69, 9.17) is 18.5 Å². The molecule has 0 aliphatic heterocycles. The van der Waals surface area contributed by atoms with E-state index in [0.717, 1.165) is 96.3 Å². The molecule has 0 aromatic carbocycles. The van der Waals surface area contributed by atoms with Crippen molar-refractivity contribution in [3.8, 4) is 0 Å². The summed E-state index contributed by atoms with van der Waals surface area (Å²) in [7, 11) is 1.02. The molecule has 0 heterocycles. The Bertz CT molecular complexity index is 1340. The molecule has 12 nitrogen and oxygen atoms in total. The molecule has 61 heavy (non-hydrogen) atoms. The summed E-state index contributed by atoms with van der Waals surface area (Å²) in [5.74, 6) is -1.30. The van der Waals surface area contributed by atoms with Crippen LogP contribution >= 0.6 is 7.82 Å². The summed E-state index contributed by atoms with van der Waals surface area (Å²) in [5.41, 5.74) is 0. The van der Waals surface area contributed by atoms with Crippen molar-refractivity contribution < 1.29 is 57.4 Å². The number of ether oxygens (including phenoxy) is 2. The molecule has 1 rings (SSSR count). The highest BCUT2D eigenvalue weighted by Crippen LogP contribution is 2.39. The lowest BCUT2D eigenvalue weighted by Gasteiger charge is -2.28. The number of phosphoric acid groups is 1. The minimum absolute atomic E-state index is 0.0733. The second kappa shape index (κ2) is 35.0. The first-order chi connectivity index (χ1) is 29.2. The van der Waals surface area contributed by atoms with E-state index in [1.807, 2.05) is 27.2 Å². The van der Waals surface area contributed by atoms with Crippen LogP contribution in [-0.4, -0.2) is 104 Å². The molecule has 0 aromatic rings. The molecule has 0 spiro atoms. The fraction of sp³-hybridized carbons (Fsp3) is 0.750. The number of quaternary nitrogens is 1. The Morgan fingerprint density at radius 1 is 0.754 bits per heavy atom. The molecule has 7 atom stereocenters. The van der Waals surface area contributed by atoms with Crippen molar-refractivity contribution in [2.24, 2.45) is 11.8 Å². The maximum absolute atomic E-state index is 12.7. The second-order valence-electron chi connectivity index (χ2n) is 17.4. The number of hydrogen-bond donors (Lipinski definition) is 3. The smallest absolute Gasteiger partial charge is 0.306 e. The molecular formula is C48H84NO11P. The lowest BCUT2D eigenvalue weighted by Crippen LogP contribution is -2.37. The van der Waals surface area contributed by atoms with Crippen LogP contribution in [0.15, 0.2) is 60.8 Å². The molecule has 1 saturated carbocycles. The first-order valence-electron chi connectivity index (χ1n) is 23.3. The summed E-state index contributed by atoms with van der Waals surface area (Å²) < 4.78 is 33.9. The number of likely N-dealkylation sites (N-methyl/N-ethyl adjacent to an activating group) is 1. The maximum atomic E-state index is 12.7. The summed E-state index contributed by atoms with van der Waals surface area (Å²) in [6.45, 7) is 3.73. The van der Waals surface area contributed by atoms with Crippen molar-refractivity contribution in [1.82, 2.24) is 0 Å². The van der Waals surface area contributed by atoms with Crippen molar-refractivity contribution in [2.45, 2.75) is 173 Å². The minimum Gasteiger partial charge on any atom is -0.756 e. The zero-order valence-corrected chi connectivity index (χ0v) is 39.3. The number of rotatable bonds is 37. The van der Waals surface area contributed by atoms with Crippen molar-refractivity contribution in [3.05, 3.63) is 60.8 Å². The quantitative estimate of drug-likeness (QED) is 0.0179. The van der Waals surface area contributed by atoms with Crippen molar-refractivity contribution in [3.63, 3.8) is 0 Å². The summed E-state index contributed by atoms with van der Waals surface area (Å²) in [4.78, 5) is 37.8. The first kappa shape index (κ1) is 56.6. The average molecular weight is 882 g/mol. The fourth-order valence-electron chi connectivity index (χ4n) is 6.98. The van der Waals surface area contributed by atoms with Crippen LogP contribution < -0.4 is 4.89 Å². The number of nitrogens with zero attached hydrogens (tertiary/aromatic N) is 1. The number of phosphoric ester groups is 1. The average Bonchev–Trinajstić information content (AvgIpc) is 3.47. The zero-order valence-electron chi connectivity index (χ0n) is 38.4. The number of esters is 2. The van der Waals surface area contributed by atoms with Crippen molar-refractivity contribution >= 4 is 19.8 Å². The monoisotopic (exact) mass is 882 g/mol. The van der Waals surface area contributed by atoms with Gasteiger partial charge in [-0.2, -0.15) is 0 Å². The minimum atomic E-state index is -4.69. The standard InChI is InChI=1S/C48H84NO11P/c1-6-8-10-11-12-13-14-15-16-17-18-19-20-21-22-23-29-33-48(54)60-42(40-59-61(55,56)58-37-36-49(3,4)5)39-57-47(53)32-28-25-24-27-31-43-44(46(52)38-45(43)51)35-34-41(50)30-26-9-7-2/h8,10,12-13,15-16,18-19,34-35,41-46,50-52H,6-7,9,11,14,17,20-33,36-40H2,1-5H3/b10-8-,13-12-,16-15-,19-18-,35-34+/t41-,42+,43+,44+,45-,46+/m0/s1. The Labute approximate surface area is 369 Å². The lowest BCUT2D eigenvalue weighted by molar-refractivity contribution is -0.870. The maximum Gasteiger partial charge on any atom is 0.306 e. The van der Waals surface area contributed by atoms with Crippen LogP contribution in [0.3, 0.4) is 0 Å². The molecule has 13 heteroatoms. The van der Waals surface area contributed by atoms with Gasteiger partial charge in [0.1, 0.15) is 19.8 Å². The number of carbonyl (C=O) groups is 2. The Hall–Kier alpha value is -2.41. The Morgan fingerprint density at radius 3 is 2.00 bits per heavy atom. The van der Waals surface area contributed by atoms with Crippen LogP contribution in [0.2, 0.25) is 0 Å². The summed E-state index contributed by atoms with van der Waals surface area (Å²) >= 11 is 0. The second-order valence-corrected chi connectivity index (χ2v) is 18.8. The van der Waals surface area contributed by atoms with E-state index < -0.39 is 50.8 Å². The van der Waals surface area contributed by atoms with Gasteiger partial charge in [-0.3, -0.25) is 14.2 Å². The largest absolute Gasteiger partial charge is 0.756 e. The van der Waals surface area contributed by atoms with E-state index in [9.17, 15) is 34.4 Å². The lowest BCUT2D eigenvalue weighted by atomic mass is 9.88. The van der Waals surface area contributed by atoms with Gasteiger partial charge in [-0.15, -0.1) is 0 Å². The predicted molar refractivity (Wildman–Crippen MR) is 242 cm³/mol. The van der Waals surface area contributed by atoms with Gasteiger partial charge in [-0.25, -0.2) is 0 Å². The molecule has 0 saturated heterocycles. The van der Waals surface area contributed by atoms with Crippen LogP contribution in [0.1, 0.15) is 149 Å².